The number of hydrogen-bond acceptors (Lipinski definition) is 3. The first kappa shape index (κ1) is 16.0. The standard InChI is InChI=1S/C15H18BrN3OS/c1-4-7-19(9-11-6-5-8-21-11)15(20)14-12(16)13(10(2)3)17-18-14/h4-6,8,10H,1,7,9H2,2-3H3,(H,17,18). The van der Waals surface area contributed by atoms with E-state index in [1.54, 1.807) is 22.3 Å². The fraction of sp³-hybridized carbons (Fsp3) is 0.333. The Morgan fingerprint density at radius 1 is 1.62 bits per heavy atom. The van der Waals surface area contributed by atoms with E-state index in [1.807, 2.05) is 17.5 Å². The molecule has 0 spiro atoms. The van der Waals surface area contributed by atoms with Gasteiger partial charge in [-0.25, -0.2) is 0 Å². The average Bonchev–Trinajstić information content (AvgIpc) is 3.07. The molecule has 0 radical (unpaired) electrons. The number of amides is 1. The lowest BCUT2D eigenvalue weighted by molar-refractivity contribution is 0.0757. The number of aromatic nitrogens is 2. The maximum absolute atomic E-state index is 12.7. The number of H-pyrrole nitrogens is 1. The van der Waals surface area contributed by atoms with Gasteiger partial charge in [0.05, 0.1) is 16.7 Å². The fourth-order valence-electron chi connectivity index (χ4n) is 1.98. The topological polar surface area (TPSA) is 49.0 Å². The zero-order valence-corrected chi connectivity index (χ0v) is 14.5. The van der Waals surface area contributed by atoms with Gasteiger partial charge in [0.25, 0.3) is 5.91 Å². The summed E-state index contributed by atoms with van der Waals surface area (Å²) in [7, 11) is 0. The highest BCUT2D eigenvalue weighted by atomic mass is 79.9. The summed E-state index contributed by atoms with van der Waals surface area (Å²) in [6, 6.07) is 4.01. The lowest BCUT2D eigenvalue weighted by Gasteiger charge is -2.19. The van der Waals surface area contributed by atoms with Gasteiger partial charge in [0, 0.05) is 11.4 Å². The molecule has 0 saturated carbocycles. The van der Waals surface area contributed by atoms with Crippen molar-refractivity contribution in [3.05, 3.63) is 50.9 Å². The normalized spacial score (nSPS) is 10.9. The molecular formula is C15H18BrN3OS. The van der Waals surface area contributed by atoms with Crippen LogP contribution in [-0.2, 0) is 6.54 Å². The highest BCUT2D eigenvalue weighted by Crippen LogP contribution is 2.27. The molecule has 112 valence electrons. The highest BCUT2D eigenvalue weighted by Gasteiger charge is 2.23. The Labute approximate surface area is 137 Å². The molecule has 0 unspecified atom stereocenters. The van der Waals surface area contributed by atoms with Crippen LogP contribution in [0, 0.1) is 0 Å². The molecule has 0 aliphatic heterocycles. The van der Waals surface area contributed by atoms with Crippen molar-refractivity contribution in [2.24, 2.45) is 0 Å². The van der Waals surface area contributed by atoms with Gasteiger partial charge < -0.3 is 4.90 Å². The van der Waals surface area contributed by atoms with Crippen molar-refractivity contribution in [2.45, 2.75) is 26.3 Å². The largest absolute Gasteiger partial charge is 0.328 e. The van der Waals surface area contributed by atoms with Crippen molar-refractivity contribution < 1.29 is 4.79 Å². The highest BCUT2D eigenvalue weighted by molar-refractivity contribution is 9.10. The Bertz CT molecular complexity index is 619. The molecule has 4 nitrogen and oxygen atoms in total. The molecule has 2 aromatic rings. The van der Waals surface area contributed by atoms with Gasteiger partial charge in [0.2, 0.25) is 0 Å². The maximum atomic E-state index is 12.7. The van der Waals surface area contributed by atoms with Crippen LogP contribution in [0.25, 0.3) is 0 Å². The van der Waals surface area contributed by atoms with Crippen LogP contribution in [0.5, 0.6) is 0 Å². The second kappa shape index (κ2) is 7.04. The summed E-state index contributed by atoms with van der Waals surface area (Å²) < 4.78 is 0.753. The lowest BCUT2D eigenvalue weighted by atomic mass is 10.1. The molecule has 6 heteroatoms. The second-order valence-electron chi connectivity index (χ2n) is 5.01. The first-order chi connectivity index (χ1) is 10.0. The van der Waals surface area contributed by atoms with E-state index >= 15 is 0 Å². The van der Waals surface area contributed by atoms with E-state index in [9.17, 15) is 4.79 Å². The van der Waals surface area contributed by atoms with Gasteiger partial charge in [-0.05, 0) is 33.3 Å². The molecule has 0 fully saturated rings. The van der Waals surface area contributed by atoms with Crippen LogP contribution in [-0.4, -0.2) is 27.5 Å². The van der Waals surface area contributed by atoms with E-state index in [0.29, 0.717) is 18.8 Å². The fourth-order valence-corrected chi connectivity index (χ4v) is 3.51. The summed E-state index contributed by atoms with van der Waals surface area (Å²) in [6.45, 7) is 8.90. The predicted octanol–water partition coefficient (Wildman–Crippen LogP) is 4.19. The number of halogens is 1. The zero-order chi connectivity index (χ0) is 15.4. The number of rotatable bonds is 6. The summed E-state index contributed by atoms with van der Waals surface area (Å²) in [4.78, 5) is 15.6. The summed E-state index contributed by atoms with van der Waals surface area (Å²) in [5, 5.41) is 9.13. The Hall–Kier alpha value is -1.40. The van der Waals surface area contributed by atoms with Gasteiger partial charge in [-0.3, -0.25) is 9.89 Å². The number of nitrogens with zero attached hydrogens (tertiary/aromatic N) is 2. The minimum absolute atomic E-state index is 0.0988. The van der Waals surface area contributed by atoms with E-state index in [0.717, 1.165) is 15.0 Å². The summed E-state index contributed by atoms with van der Waals surface area (Å²) in [5.74, 6) is 0.178. The Morgan fingerprint density at radius 3 is 2.90 bits per heavy atom. The number of nitrogens with one attached hydrogen (secondary N) is 1. The molecule has 2 heterocycles. The first-order valence-corrected chi connectivity index (χ1v) is 8.38. The minimum Gasteiger partial charge on any atom is -0.328 e. The third kappa shape index (κ3) is 3.63. The number of carbonyl (C=O) groups excluding carboxylic acids is 1. The third-order valence-corrected chi connectivity index (χ3v) is 4.74. The van der Waals surface area contributed by atoms with Gasteiger partial charge in [-0.15, -0.1) is 17.9 Å². The summed E-state index contributed by atoms with van der Waals surface area (Å²) in [6.07, 6.45) is 1.73. The van der Waals surface area contributed by atoms with Gasteiger partial charge in [0.15, 0.2) is 5.69 Å². The van der Waals surface area contributed by atoms with Crippen molar-refractivity contribution >= 4 is 33.2 Å². The maximum Gasteiger partial charge on any atom is 0.276 e. The van der Waals surface area contributed by atoms with Crippen LogP contribution in [0.3, 0.4) is 0 Å². The monoisotopic (exact) mass is 367 g/mol. The van der Waals surface area contributed by atoms with E-state index < -0.39 is 0 Å². The van der Waals surface area contributed by atoms with Gasteiger partial charge >= 0.3 is 0 Å². The number of carbonyl (C=O) groups is 1. The smallest absolute Gasteiger partial charge is 0.276 e. The molecule has 0 atom stereocenters. The van der Waals surface area contributed by atoms with E-state index in [-0.39, 0.29) is 11.8 Å². The number of aromatic amines is 1. The third-order valence-electron chi connectivity index (χ3n) is 3.08. The van der Waals surface area contributed by atoms with Crippen LogP contribution in [0.4, 0.5) is 0 Å². The summed E-state index contributed by atoms with van der Waals surface area (Å²) in [5.41, 5.74) is 1.37. The van der Waals surface area contributed by atoms with Crippen molar-refractivity contribution in [3.63, 3.8) is 0 Å². The van der Waals surface area contributed by atoms with Crippen LogP contribution in [0.2, 0.25) is 0 Å². The molecule has 2 rings (SSSR count). The molecule has 0 saturated heterocycles. The zero-order valence-electron chi connectivity index (χ0n) is 12.1. The molecule has 0 aliphatic rings. The van der Waals surface area contributed by atoms with Crippen molar-refractivity contribution in [1.82, 2.24) is 15.1 Å². The van der Waals surface area contributed by atoms with E-state index in [4.69, 9.17) is 0 Å². The van der Waals surface area contributed by atoms with Crippen molar-refractivity contribution in [2.75, 3.05) is 6.54 Å². The summed E-state index contributed by atoms with van der Waals surface area (Å²) >= 11 is 5.12. The predicted molar refractivity (Wildman–Crippen MR) is 89.6 cm³/mol. The first-order valence-electron chi connectivity index (χ1n) is 6.70. The average molecular weight is 368 g/mol. The minimum atomic E-state index is -0.0988. The lowest BCUT2D eigenvalue weighted by Crippen LogP contribution is -2.31. The van der Waals surface area contributed by atoms with E-state index in [2.05, 4.69) is 46.6 Å². The van der Waals surface area contributed by atoms with Crippen LogP contribution < -0.4 is 0 Å². The van der Waals surface area contributed by atoms with Crippen molar-refractivity contribution in [3.8, 4) is 0 Å². The number of thiophene rings is 1. The quantitative estimate of drug-likeness (QED) is 0.778. The van der Waals surface area contributed by atoms with Gasteiger partial charge in [-0.1, -0.05) is 26.0 Å². The Balaban J connectivity index is 2.24. The Kier molecular flexibility index (Phi) is 5.36. The molecule has 0 aromatic carbocycles. The van der Waals surface area contributed by atoms with Gasteiger partial charge in [-0.2, -0.15) is 5.10 Å². The molecular weight excluding hydrogens is 350 g/mol. The van der Waals surface area contributed by atoms with E-state index in [1.165, 1.54) is 0 Å². The number of hydrogen-bond donors (Lipinski definition) is 1. The van der Waals surface area contributed by atoms with Gasteiger partial charge in [0.1, 0.15) is 0 Å². The van der Waals surface area contributed by atoms with Crippen LogP contribution >= 0.6 is 27.3 Å². The molecule has 0 bridgehead atoms. The SMILES string of the molecule is C=CCN(Cc1cccs1)C(=O)c1n[nH]c(C(C)C)c1Br. The molecule has 1 amide bonds. The van der Waals surface area contributed by atoms with Crippen LogP contribution in [0.15, 0.2) is 34.6 Å². The molecule has 0 aliphatic carbocycles. The molecule has 1 N–H and O–H groups in total. The Morgan fingerprint density at radius 2 is 2.38 bits per heavy atom. The van der Waals surface area contributed by atoms with Crippen molar-refractivity contribution in [1.29, 1.82) is 0 Å². The molecule has 21 heavy (non-hydrogen) atoms. The second-order valence-corrected chi connectivity index (χ2v) is 6.83. The molecule has 2 aromatic heterocycles. The van der Waals surface area contributed by atoms with Crippen LogP contribution in [0.1, 0.15) is 40.8 Å².